The van der Waals surface area contributed by atoms with E-state index in [9.17, 15) is 13.2 Å². The third kappa shape index (κ3) is 1.65. The van der Waals surface area contributed by atoms with E-state index in [1.807, 2.05) is 0 Å². The maximum atomic E-state index is 13.2. The summed E-state index contributed by atoms with van der Waals surface area (Å²) in [6.07, 6.45) is -3.24. The highest BCUT2D eigenvalue weighted by Gasteiger charge is 2.61. The van der Waals surface area contributed by atoms with Crippen molar-refractivity contribution in [3.63, 3.8) is 0 Å². The summed E-state index contributed by atoms with van der Waals surface area (Å²) in [7, 11) is 0. The van der Waals surface area contributed by atoms with Crippen LogP contribution in [0.3, 0.4) is 0 Å². The lowest BCUT2D eigenvalue weighted by molar-refractivity contribution is -0.219. The van der Waals surface area contributed by atoms with Crippen LogP contribution in [-0.2, 0) is 0 Å². The molecule has 2 aliphatic heterocycles. The summed E-state index contributed by atoms with van der Waals surface area (Å²) >= 11 is 0. The highest BCUT2D eigenvalue weighted by molar-refractivity contribution is 5.07. The Morgan fingerprint density at radius 1 is 1.40 bits per heavy atom. The number of piperidine rings is 1. The van der Waals surface area contributed by atoms with Gasteiger partial charge in [0.15, 0.2) is 0 Å². The van der Waals surface area contributed by atoms with E-state index in [1.54, 1.807) is 6.92 Å². The van der Waals surface area contributed by atoms with Gasteiger partial charge in [-0.15, -0.1) is 0 Å². The molecular formula is C10H17F3N2. The largest absolute Gasteiger partial charge is 0.406 e. The Kier molecular flexibility index (Phi) is 2.71. The lowest BCUT2D eigenvalue weighted by Crippen LogP contribution is -2.64. The third-order valence-corrected chi connectivity index (χ3v) is 3.79. The summed E-state index contributed by atoms with van der Waals surface area (Å²) in [5, 5.41) is 2.71. The fourth-order valence-corrected chi connectivity index (χ4v) is 3.00. The Labute approximate surface area is 87.8 Å². The fourth-order valence-electron chi connectivity index (χ4n) is 3.00. The van der Waals surface area contributed by atoms with Gasteiger partial charge in [-0.25, -0.2) is 0 Å². The highest BCUT2D eigenvalue weighted by Crippen LogP contribution is 2.45. The maximum Gasteiger partial charge on any atom is 0.406 e. The Morgan fingerprint density at radius 2 is 2.13 bits per heavy atom. The summed E-state index contributed by atoms with van der Waals surface area (Å²) in [4.78, 5) is 2.13. The minimum absolute atomic E-state index is 0.203. The van der Waals surface area contributed by atoms with Gasteiger partial charge in [-0.05, 0) is 31.8 Å². The molecule has 3 atom stereocenters. The van der Waals surface area contributed by atoms with Crippen LogP contribution < -0.4 is 5.32 Å². The zero-order valence-corrected chi connectivity index (χ0v) is 8.90. The van der Waals surface area contributed by atoms with Crippen molar-refractivity contribution < 1.29 is 13.2 Å². The fraction of sp³-hybridized carbons (Fsp3) is 1.00. The van der Waals surface area contributed by atoms with Crippen molar-refractivity contribution in [1.29, 1.82) is 0 Å². The van der Waals surface area contributed by atoms with E-state index in [2.05, 4.69) is 10.2 Å². The van der Waals surface area contributed by atoms with Gasteiger partial charge in [0.1, 0.15) is 5.54 Å². The average molecular weight is 222 g/mol. The average Bonchev–Trinajstić information content (AvgIpc) is 2.53. The van der Waals surface area contributed by atoms with Gasteiger partial charge in [0.05, 0.1) is 0 Å². The van der Waals surface area contributed by atoms with Gasteiger partial charge in [0.25, 0.3) is 0 Å². The first kappa shape index (κ1) is 11.2. The number of hydrogen-bond acceptors (Lipinski definition) is 2. The normalized spacial score (nSPS) is 40.8. The monoisotopic (exact) mass is 222 g/mol. The number of nitrogens with one attached hydrogen (secondary N) is 1. The first-order valence-corrected chi connectivity index (χ1v) is 5.54. The molecule has 2 bridgehead atoms. The Hall–Kier alpha value is -0.290. The van der Waals surface area contributed by atoms with E-state index in [0.29, 0.717) is 26.1 Å². The molecule has 2 fully saturated rings. The quantitative estimate of drug-likeness (QED) is 0.763. The predicted molar refractivity (Wildman–Crippen MR) is 51.6 cm³/mol. The second kappa shape index (κ2) is 3.63. The number of hydrogen-bond donors (Lipinski definition) is 1. The molecule has 0 amide bonds. The van der Waals surface area contributed by atoms with Crippen LogP contribution in [0, 0.1) is 5.92 Å². The van der Waals surface area contributed by atoms with Crippen LogP contribution in [0.2, 0.25) is 0 Å². The van der Waals surface area contributed by atoms with Gasteiger partial charge in [-0.2, -0.15) is 13.2 Å². The summed E-state index contributed by atoms with van der Waals surface area (Å²) in [5.41, 5.74) is -1.62. The van der Waals surface area contributed by atoms with Crippen molar-refractivity contribution in [2.45, 2.75) is 31.5 Å². The molecule has 2 aliphatic rings. The molecule has 0 aliphatic carbocycles. The van der Waals surface area contributed by atoms with Crippen LogP contribution in [0.5, 0.6) is 0 Å². The molecule has 88 valence electrons. The number of rotatable bonds is 2. The third-order valence-electron chi connectivity index (χ3n) is 3.79. The van der Waals surface area contributed by atoms with Gasteiger partial charge < -0.3 is 10.2 Å². The van der Waals surface area contributed by atoms with E-state index in [0.717, 1.165) is 6.54 Å². The summed E-state index contributed by atoms with van der Waals surface area (Å²) in [6.45, 7) is 4.13. The van der Waals surface area contributed by atoms with E-state index in [4.69, 9.17) is 0 Å². The Balaban J connectivity index is 2.25. The van der Waals surface area contributed by atoms with E-state index < -0.39 is 11.7 Å². The van der Waals surface area contributed by atoms with Crippen molar-refractivity contribution in [2.24, 2.45) is 5.92 Å². The highest BCUT2D eigenvalue weighted by atomic mass is 19.4. The molecule has 2 saturated heterocycles. The molecule has 1 N–H and O–H groups in total. The zero-order chi connectivity index (χ0) is 11.1. The molecule has 2 nitrogen and oxygen atoms in total. The van der Waals surface area contributed by atoms with Crippen LogP contribution in [-0.4, -0.2) is 42.8 Å². The van der Waals surface area contributed by atoms with Crippen molar-refractivity contribution in [2.75, 3.05) is 26.2 Å². The summed E-state index contributed by atoms with van der Waals surface area (Å²) < 4.78 is 39.5. The van der Waals surface area contributed by atoms with Crippen LogP contribution in [0.1, 0.15) is 19.8 Å². The van der Waals surface area contributed by atoms with Crippen molar-refractivity contribution in [1.82, 2.24) is 10.2 Å². The van der Waals surface area contributed by atoms with Gasteiger partial charge in [0, 0.05) is 13.1 Å². The SMILES string of the molecule is CCNC1(C(F)(F)F)CCN2CCC1C2. The Bertz CT molecular complexity index is 241. The molecule has 0 aromatic heterocycles. The first-order chi connectivity index (χ1) is 6.99. The molecule has 15 heavy (non-hydrogen) atoms. The predicted octanol–water partition coefficient (Wildman–Crippen LogP) is 1.62. The smallest absolute Gasteiger partial charge is 0.304 e. The van der Waals surface area contributed by atoms with E-state index >= 15 is 0 Å². The minimum Gasteiger partial charge on any atom is -0.304 e. The van der Waals surface area contributed by atoms with Crippen LogP contribution in [0.25, 0.3) is 0 Å². The topological polar surface area (TPSA) is 15.3 Å². The molecular weight excluding hydrogens is 205 g/mol. The van der Waals surface area contributed by atoms with Crippen LogP contribution >= 0.6 is 0 Å². The van der Waals surface area contributed by atoms with Gasteiger partial charge in [-0.3, -0.25) is 0 Å². The molecule has 3 unspecified atom stereocenters. The molecule has 0 saturated carbocycles. The molecule has 0 aromatic carbocycles. The molecule has 0 spiro atoms. The van der Waals surface area contributed by atoms with Gasteiger partial charge >= 0.3 is 6.18 Å². The number of nitrogens with zero attached hydrogens (tertiary/aromatic N) is 1. The zero-order valence-electron chi connectivity index (χ0n) is 8.90. The van der Waals surface area contributed by atoms with Crippen LogP contribution in [0.4, 0.5) is 13.2 Å². The lowest BCUT2D eigenvalue weighted by Gasteiger charge is -2.44. The molecule has 0 radical (unpaired) electrons. The van der Waals surface area contributed by atoms with Crippen molar-refractivity contribution in [3.05, 3.63) is 0 Å². The Morgan fingerprint density at radius 3 is 2.73 bits per heavy atom. The second-order valence-electron chi connectivity index (χ2n) is 4.54. The van der Waals surface area contributed by atoms with E-state index in [-0.39, 0.29) is 12.3 Å². The van der Waals surface area contributed by atoms with E-state index in [1.165, 1.54) is 0 Å². The molecule has 0 aromatic rings. The lowest BCUT2D eigenvalue weighted by atomic mass is 9.78. The summed E-state index contributed by atoms with van der Waals surface area (Å²) in [6, 6.07) is 0. The molecule has 2 heterocycles. The standard InChI is InChI=1S/C10H17F3N2/c1-2-14-9(10(11,12)13)4-6-15-5-3-8(9)7-15/h8,14H,2-7H2,1H3. The van der Waals surface area contributed by atoms with Gasteiger partial charge in [0.2, 0.25) is 0 Å². The second-order valence-corrected chi connectivity index (χ2v) is 4.54. The minimum atomic E-state index is -4.12. The number of alkyl halides is 3. The number of fused-ring (bicyclic) bond motifs is 2. The maximum absolute atomic E-state index is 13.2. The van der Waals surface area contributed by atoms with Crippen LogP contribution in [0.15, 0.2) is 0 Å². The summed E-state index contributed by atoms with van der Waals surface area (Å²) in [5.74, 6) is -0.258. The van der Waals surface area contributed by atoms with Crippen molar-refractivity contribution in [3.8, 4) is 0 Å². The molecule has 2 rings (SSSR count). The van der Waals surface area contributed by atoms with Gasteiger partial charge in [-0.1, -0.05) is 6.92 Å². The molecule has 5 heteroatoms. The number of halogens is 3. The van der Waals surface area contributed by atoms with Crippen molar-refractivity contribution >= 4 is 0 Å². The first-order valence-electron chi connectivity index (χ1n) is 5.54.